The molecular formula is C28H44N+. The van der Waals surface area contributed by atoms with Gasteiger partial charge in [-0.05, 0) is 60.8 Å². The Bertz CT molecular complexity index is 708. The highest BCUT2D eigenvalue weighted by atomic mass is 15.3. The molecule has 0 bridgehead atoms. The minimum atomic E-state index is 0.479. The monoisotopic (exact) mass is 394 g/mol. The van der Waals surface area contributed by atoms with E-state index in [1.165, 1.54) is 18.4 Å². The molecule has 0 fully saturated rings. The van der Waals surface area contributed by atoms with E-state index in [1.807, 2.05) is 6.08 Å². The van der Waals surface area contributed by atoms with Crippen LogP contribution in [-0.2, 0) is 0 Å². The lowest BCUT2D eigenvalue weighted by molar-refractivity contribution is -0.833. The summed E-state index contributed by atoms with van der Waals surface area (Å²) >= 11 is 0. The van der Waals surface area contributed by atoms with Gasteiger partial charge in [-0.25, -0.2) is 0 Å². The molecule has 3 unspecified atom stereocenters. The Morgan fingerprint density at radius 2 is 1.69 bits per heavy atom. The van der Waals surface area contributed by atoms with Crippen LogP contribution in [0.15, 0.2) is 72.1 Å². The Labute approximate surface area is 181 Å². The van der Waals surface area contributed by atoms with E-state index in [2.05, 4.69) is 104 Å². The lowest BCUT2D eigenvalue weighted by Crippen LogP contribution is -2.35. The summed E-state index contributed by atoms with van der Waals surface area (Å²) < 4.78 is 0.911. The summed E-state index contributed by atoms with van der Waals surface area (Å²) in [5.41, 5.74) is 7.79. The highest BCUT2D eigenvalue weighted by molar-refractivity contribution is 5.30. The largest absolute Gasteiger partial charge is 0.302 e. The predicted molar refractivity (Wildman–Crippen MR) is 130 cm³/mol. The number of rotatable bonds is 11. The third-order valence-corrected chi connectivity index (χ3v) is 6.10. The molecule has 1 aromatic rings. The van der Waals surface area contributed by atoms with Gasteiger partial charge in [0.15, 0.2) is 0 Å². The quantitative estimate of drug-likeness (QED) is 0.204. The van der Waals surface area contributed by atoms with Gasteiger partial charge in [0.1, 0.15) is 5.70 Å². The van der Waals surface area contributed by atoms with Gasteiger partial charge >= 0.3 is 0 Å². The molecule has 0 spiro atoms. The molecule has 1 aromatic carbocycles. The van der Waals surface area contributed by atoms with Crippen molar-refractivity contribution in [3.05, 3.63) is 77.7 Å². The average molecular weight is 395 g/mol. The Morgan fingerprint density at radius 1 is 1.07 bits per heavy atom. The third kappa shape index (κ3) is 8.21. The van der Waals surface area contributed by atoms with E-state index in [4.69, 9.17) is 0 Å². The van der Waals surface area contributed by atoms with Gasteiger partial charge in [-0.2, -0.15) is 0 Å². The molecule has 0 N–H and O–H groups in total. The van der Waals surface area contributed by atoms with Gasteiger partial charge < -0.3 is 4.48 Å². The fraction of sp³-hybridized carbons (Fsp3) is 0.536. The summed E-state index contributed by atoms with van der Waals surface area (Å²) in [6.07, 6.45) is 9.48. The predicted octanol–water partition coefficient (Wildman–Crippen LogP) is 7.75. The first-order valence-electron chi connectivity index (χ1n) is 11.2. The Hall–Kier alpha value is -1.82. The van der Waals surface area contributed by atoms with Gasteiger partial charge in [-0.1, -0.05) is 70.7 Å². The molecule has 0 aliphatic heterocycles. The van der Waals surface area contributed by atoms with E-state index in [0.29, 0.717) is 23.7 Å². The van der Waals surface area contributed by atoms with E-state index in [9.17, 15) is 0 Å². The molecule has 0 aliphatic rings. The van der Waals surface area contributed by atoms with E-state index >= 15 is 0 Å². The maximum atomic E-state index is 3.71. The number of hydrogen-bond donors (Lipinski definition) is 0. The molecule has 1 heteroatoms. The number of benzene rings is 1. The van der Waals surface area contributed by atoms with Crippen molar-refractivity contribution in [2.24, 2.45) is 17.8 Å². The summed E-state index contributed by atoms with van der Waals surface area (Å²) in [5.74, 6) is 2.26. The second kappa shape index (κ2) is 12.0. The van der Waals surface area contributed by atoms with Crippen LogP contribution in [0.2, 0.25) is 0 Å². The normalized spacial score (nSPS) is 15.8. The first-order chi connectivity index (χ1) is 13.6. The van der Waals surface area contributed by atoms with E-state index in [-0.39, 0.29) is 0 Å². The summed E-state index contributed by atoms with van der Waals surface area (Å²) in [6.45, 7) is 15.4. The van der Waals surface area contributed by atoms with Gasteiger partial charge in [0, 0.05) is 12.3 Å². The second-order valence-corrected chi connectivity index (χ2v) is 9.74. The minimum Gasteiger partial charge on any atom is -0.302 e. The molecular weight excluding hydrogens is 350 g/mol. The van der Waals surface area contributed by atoms with Crippen LogP contribution in [0, 0.1) is 17.8 Å². The van der Waals surface area contributed by atoms with Gasteiger partial charge in [0.25, 0.3) is 0 Å². The zero-order valence-corrected chi connectivity index (χ0v) is 20.2. The van der Waals surface area contributed by atoms with Crippen molar-refractivity contribution < 1.29 is 4.48 Å². The zero-order chi connectivity index (χ0) is 22.0. The van der Waals surface area contributed by atoms with Gasteiger partial charge in [-0.15, -0.1) is 5.73 Å². The van der Waals surface area contributed by atoms with E-state index in [1.54, 1.807) is 17.3 Å². The maximum absolute atomic E-state index is 3.71. The number of quaternary nitrogens is 1. The second-order valence-electron chi connectivity index (χ2n) is 9.74. The lowest BCUT2D eigenvalue weighted by atomic mass is 9.81. The molecule has 0 amide bonds. The molecule has 160 valence electrons. The summed E-state index contributed by atoms with van der Waals surface area (Å²) in [4.78, 5) is 0. The van der Waals surface area contributed by atoms with Gasteiger partial charge in [0.05, 0.1) is 21.1 Å². The third-order valence-electron chi connectivity index (χ3n) is 6.10. The Balaban J connectivity index is 3.01. The van der Waals surface area contributed by atoms with Crippen molar-refractivity contribution in [1.82, 2.24) is 0 Å². The average Bonchev–Trinajstić information content (AvgIpc) is 2.64. The van der Waals surface area contributed by atoms with Crippen molar-refractivity contribution in [2.75, 3.05) is 21.1 Å². The molecule has 3 atom stereocenters. The van der Waals surface area contributed by atoms with Crippen molar-refractivity contribution in [3.8, 4) is 0 Å². The topological polar surface area (TPSA) is 0 Å². The Kier molecular flexibility index (Phi) is 10.4. The maximum Gasteiger partial charge on any atom is 0.108 e. The van der Waals surface area contributed by atoms with Crippen LogP contribution in [-0.4, -0.2) is 25.6 Å². The highest BCUT2D eigenvalue weighted by Crippen LogP contribution is 2.36. The fourth-order valence-electron chi connectivity index (χ4n) is 4.33. The smallest absolute Gasteiger partial charge is 0.108 e. The molecule has 0 radical (unpaired) electrons. The molecule has 0 saturated heterocycles. The van der Waals surface area contributed by atoms with E-state index < -0.39 is 0 Å². The zero-order valence-electron chi connectivity index (χ0n) is 20.2. The number of allylic oxidation sites excluding steroid dienone is 4. The van der Waals surface area contributed by atoms with Crippen LogP contribution in [0.4, 0.5) is 0 Å². The van der Waals surface area contributed by atoms with Crippen molar-refractivity contribution in [1.29, 1.82) is 0 Å². The molecule has 1 rings (SSSR count). The van der Waals surface area contributed by atoms with Crippen LogP contribution >= 0.6 is 0 Å². The molecule has 0 saturated carbocycles. The van der Waals surface area contributed by atoms with Crippen LogP contribution in [0.3, 0.4) is 0 Å². The number of hydrogen-bond acceptors (Lipinski definition) is 0. The first-order valence-corrected chi connectivity index (χ1v) is 11.2. The first kappa shape index (κ1) is 25.2. The van der Waals surface area contributed by atoms with Crippen molar-refractivity contribution in [2.45, 2.75) is 59.8 Å². The van der Waals surface area contributed by atoms with Crippen LogP contribution < -0.4 is 0 Å². The molecule has 29 heavy (non-hydrogen) atoms. The van der Waals surface area contributed by atoms with Crippen molar-refractivity contribution in [3.63, 3.8) is 0 Å². The van der Waals surface area contributed by atoms with Gasteiger partial charge in [-0.3, -0.25) is 0 Å². The summed E-state index contributed by atoms with van der Waals surface area (Å²) in [7, 11) is 6.95. The summed E-state index contributed by atoms with van der Waals surface area (Å²) in [5, 5.41) is 0. The molecule has 0 aromatic heterocycles. The van der Waals surface area contributed by atoms with Crippen LogP contribution in [0.1, 0.15) is 65.4 Å². The van der Waals surface area contributed by atoms with Crippen LogP contribution in [0.5, 0.6) is 0 Å². The molecule has 0 aliphatic carbocycles. The number of nitrogens with zero attached hydrogens (tertiary/aromatic N) is 1. The lowest BCUT2D eigenvalue weighted by Gasteiger charge is -2.33. The van der Waals surface area contributed by atoms with Crippen LogP contribution in [0.25, 0.3) is 0 Å². The van der Waals surface area contributed by atoms with E-state index in [0.717, 1.165) is 10.9 Å². The Morgan fingerprint density at radius 3 is 2.21 bits per heavy atom. The summed E-state index contributed by atoms with van der Waals surface area (Å²) in [6, 6.07) is 11.0. The minimum absolute atomic E-state index is 0.479. The highest BCUT2D eigenvalue weighted by Gasteiger charge is 2.27. The standard InChI is InChI=1S/C28H44N/c1-10-11-13-17-23(4)24(5)18-16-21-27(29(7,8)9)25(6)28(22(2)3)26-19-14-12-15-20-26/h10-12,14-15,17,19-20,22-24,28H,1,16,18,21H2,2-9H3/q+1. The van der Waals surface area contributed by atoms with Crippen molar-refractivity contribution >= 4 is 0 Å². The molecule has 1 nitrogen and oxygen atoms in total. The van der Waals surface area contributed by atoms with Gasteiger partial charge in [0.2, 0.25) is 0 Å². The SMILES string of the molecule is C=CC=C=CC(C)C(C)CCCC(=C(C)C(c1ccccc1)C(C)C)[N+](C)(C)C. The molecule has 0 heterocycles. The fourth-order valence-corrected chi connectivity index (χ4v) is 4.33.